The smallest absolute Gasteiger partial charge is 0.236 e. The van der Waals surface area contributed by atoms with E-state index in [1.54, 1.807) is 7.11 Å². The molecule has 3 N–H and O–H groups in total. The van der Waals surface area contributed by atoms with Crippen LogP contribution in [0.4, 0.5) is 5.69 Å². The molecule has 0 unspecified atom stereocenters. The third-order valence-corrected chi connectivity index (χ3v) is 5.59. The normalized spacial score (nSPS) is 24.9. The Bertz CT molecular complexity index is 977. The van der Waals surface area contributed by atoms with Crippen LogP contribution in [0.3, 0.4) is 0 Å². The fourth-order valence-electron chi connectivity index (χ4n) is 4.01. The van der Waals surface area contributed by atoms with Crippen molar-refractivity contribution in [3.8, 4) is 11.5 Å². The van der Waals surface area contributed by atoms with Gasteiger partial charge < -0.3 is 25.4 Å². The summed E-state index contributed by atoms with van der Waals surface area (Å²) in [6.07, 6.45) is 0. The van der Waals surface area contributed by atoms with Crippen LogP contribution in [0.2, 0.25) is 0 Å². The van der Waals surface area contributed by atoms with Gasteiger partial charge in [0.25, 0.3) is 0 Å². The van der Waals surface area contributed by atoms with Crippen LogP contribution in [0.1, 0.15) is 29.7 Å². The van der Waals surface area contributed by atoms with Crippen LogP contribution < -0.4 is 25.4 Å². The zero-order valence-electron chi connectivity index (χ0n) is 16.3. The lowest BCUT2D eigenvalue weighted by Gasteiger charge is -2.50. The van der Waals surface area contributed by atoms with Gasteiger partial charge in [-0.25, -0.2) is 0 Å². The van der Waals surface area contributed by atoms with Gasteiger partial charge >= 0.3 is 0 Å². The van der Waals surface area contributed by atoms with Crippen LogP contribution in [0.25, 0.3) is 0 Å². The molecule has 2 bridgehead atoms. The van der Waals surface area contributed by atoms with Crippen molar-refractivity contribution in [2.45, 2.75) is 32.5 Å². The van der Waals surface area contributed by atoms with Gasteiger partial charge in [-0.05, 0) is 62.8 Å². The van der Waals surface area contributed by atoms with E-state index in [1.807, 2.05) is 57.2 Å². The number of amides is 1. The largest absolute Gasteiger partial charge is 0.497 e. The van der Waals surface area contributed by atoms with Crippen LogP contribution in [0.5, 0.6) is 11.5 Å². The molecule has 2 heterocycles. The molecule has 0 radical (unpaired) electrons. The topological polar surface area (TPSA) is 71.6 Å². The molecule has 6 nitrogen and oxygen atoms in total. The molecule has 0 saturated carbocycles. The number of aryl methyl sites for hydroxylation is 2. The third-order valence-electron chi connectivity index (χ3n) is 5.37. The first-order valence-electron chi connectivity index (χ1n) is 9.14. The Labute approximate surface area is 169 Å². The maximum atomic E-state index is 13.3. The van der Waals surface area contributed by atoms with Gasteiger partial charge in [0.15, 0.2) is 10.8 Å². The Morgan fingerprint density at radius 3 is 2.75 bits per heavy atom. The molecule has 2 aromatic carbocycles. The van der Waals surface area contributed by atoms with E-state index in [9.17, 15) is 4.79 Å². The van der Waals surface area contributed by atoms with Crippen molar-refractivity contribution >= 4 is 28.9 Å². The number of benzene rings is 2. The van der Waals surface area contributed by atoms with Crippen molar-refractivity contribution in [1.29, 1.82) is 0 Å². The van der Waals surface area contributed by atoms with E-state index in [1.165, 1.54) is 0 Å². The van der Waals surface area contributed by atoms with Crippen molar-refractivity contribution in [2.24, 2.45) is 5.92 Å². The molecule has 7 heteroatoms. The first kappa shape index (κ1) is 18.6. The molecule has 0 aliphatic carbocycles. The summed E-state index contributed by atoms with van der Waals surface area (Å²) in [6, 6.07) is 11.2. The highest BCUT2D eigenvalue weighted by Gasteiger charge is 2.54. The number of carbonyl (C=O) groups excluding carboxylic acids is 1. The number of fused-ring (bicyclic) bond motifs is 4. The molecule has 146 valence electrons. The van der Waals surface area contributed by atoms with Gasteiger partial charge in [0.1, 0.15) is 17.4 Å². The average Bonchev–Trinajstić information content (AvgIpc) is 2.62. The van der Waals surface area contributed by atoms with Crippen molar-refractivity contribution in [3.05, 3.63) is 53.1 Å². The molecule has 2 aliphatic heterocycles. The Hall–Kier alpha value is -2.80. The second kappa shape index (κ2) is 6.67. The Kier molecular flexibility index (Phi) is 4.42. The zero-order chi connectivity index (χ0) is 20.1. The van der Waals surface area contributed by atoms with Crippen LogP contribution in [-0.2, 0) is 4.79 Å². The maximum absolute atomic E-state index is 13.3. The zero-order valence-corrected chi connectivity index (χ0v) is 17.1. The summed E-state index contributed by atoms with van der Waals surface area (Å²) >= 11 is 5.36. The van der Waals surface area contributed by atoms with Gasteiger partial charge in [0, 0.05) is 11.3 Å². The van der Waals surface area contributed by atoms with Crippen molar-refractivity contribution in [3.63, 3.8) is 0 Å². The van der Waals surface area contributed by atoms with Crippen LogP contribution in [0, 0.1) is 19.8 Å². The molecule has 1 fully saturated rings. The molecule has 4 rings (SSSR count). The molecule has 0 spiro atoms. The van der Waals surface area contributed by atoms with Crippen molar-refractivity contribution in [1.82, 2.24) is 10.6 Å². The fourth-order valence-corrected chi connectivity index (χ4v) is 4.34. The Morgan fingerprint density at radius 2 is 2.04 bits per heavy atom. The summed E-state index contributed by atoms with van der Waals surface area (Å²) in [5, 5.41) is 9.90. The third kappa shape index (κ3) is 3.05. The summed E-state index contributed by atoms with van der Waals surface area (Å²) in [4.78, 5) is 13.3. The fraction of sp³-hybridized carbons (Fsp3) is 0.333. The Morgan fingerprint density at radius 1 is 1.25 bits per heavy atom. The molecule has 1 amide bonds. The first-order valence-corrected chi connectivity index (χ1v) is 9.55. The quantitative estimate of drug-likeness (QED) is 0.691. The number of ether oxygens (including phenoxy) is 2. The number of carbonyl (C=O) groups is 1. The highest BCUT2D eigenvalue weighted by atomic mass is 32.1. The van der Waals surface area contributed by atoms with Gasteiger partial charge in [0.05, 0.1) is 13.2 Å². The van der Waals surface area contributed by atoms with E-state index >= 15 is 0 Å². The van der Waals surface area contributed by atoms with Gasteiger partial charge in [-0.2, -0.15) is 0 Å². The summed E-state index contributed by atoms with van der Waals surface area (Å²) in [5.74, 6) is 0.715. The minimum Gasteiger partial charge on any atom is -0.497 e. The molecule has 1 saturated heterocycles. The Balaban J connectivity index is 1.73. The number of methoxy groups -OCH3 is 1. The molecule has 3 atom stereocenters. The van der Waals surface area contributed by atoms with E-state index in [0.717, 1.165) is 22.4 Å². The van der Waals surface area contributed by atoms with Crippen LogP contribution in [-0.4, -0.2) is 23.9 Å². The second-order valence-corrected chi connectivity index (χ2v) is 7.88. The first-order chi connectivity index (χ1) is 13.3. The monoisotopic (exact) mass is 397 g/mol. The highest BCUT2D eigenvalue weighted by molar-refractivity contribution is 7.80. The lowest BCUT2D eigenvalue weighted by atomic mass is 9.79. The number of rotatable bonds is 3. The summed E-state index contributed by atoms with van der Waals surface area (Å²) < 4.78 is 11.6. The molecule has 28 heavy (non-hydrogen) atoms. The predicted molar refractivity (Wildman–Crippen MR) is 112 cm³/mol. The maximum Gasteiger partial charge on any atom is 0.236 e. The second-order valence-electron chi connectivity index (χ2n) is 7.47. The minimum absolute atomic E-state index is 0.143. The summed E-state index contributed by atoms with van der Waals surface area (Å²) in [6.45, 7) is 5.86. The number of hydrogen-bond acceptors (Lipinski definition) is 4. The van der Waals surface area contributed by atoms with Gasteiger partial charge in [-0.15, -0.1) is 0 Å². The minimum atomic E-state index is -0.961. The molecular formula is C21H23N3O3S. The van der Waals surface area contributed by atoms with E-state index < -0.39 is 11.6 Å². The average molecular weight is 398 g/mol. The van der Waals surface area contributed by atoms with E-state index in [2.05, 4.69) is 16.0 Å². The molecule has 2 aromatic rings. The van der Waals surface area contributed by atoms with E-state index in [4.69, 9.17) is 21.7 Å². The lowest BCUT2D eigenvalue weighted by molar-refractivity contribution is -0.132. The van der Waals surface area contributed by atoms with Crippen LogP contribution in [0.15, 0.2) is 36.4 Å². The molecule has 2 aliphatic rings. The summed E-state index contributed by atoms with van der Waals surface area (Å²) in [5.41, 5.74) is 2.84. The SMILES string of the molecule is COc1ccc2c(c1)[C@@H]1NC(=S)N[C@@](C)(O2)[C@@H]1C(=O)Nc1ccc(C)cc1C. The standard InChI is InChI=1S/C21H23N3O3S/c1-11-5-7-15(12(2)9-11)22-19(25)17-18-14-10-13(26-4)6-8-16(14)27-21(17,3)24-20(28)23-18/h5-10,17-18H,1-4H3,(H,22,25)(H2,23,24,28)/t17-,18-,21-/m0/s1. The number of nitrogens with one attached hydrogen (secondary N) is 3. The van der Waals surface area contributed by atoms with Crippen molar-refractivity contribution in [2.75, 3.05) is 12.4 Å². The van der Waals surface area contributed by atoms with Gasteiger partial charge in [-0.1, -0.05) is 17.7 Å². The van der Waals surface area contributed by atoms with Gasteiger partial charge in [0.2, 0.25) is 5.91 Å². The molecular weight excluding hydrogens is 374 g/mol. The molecule has 0 aromatic heterocycles. The predicted octanol–water partition coefficient (Wildman–Crippen LogP) is 3.19. The lowest BCUT2D eigenvalue weighted by Crippen LogP contribution is -2.70. The van der Waals surface area contributed by atoms with Crippen LogP contribution >= 0.6 is 12.2 Å². The summed E-state index contributed by atoms with van der Waals surface area (Å²) in [7, 11) is 1.61. The number of hydrogen-bond donors (Lipinski definition) is 3. The van der Waals surface area contributed by atoms with E-state index in [0.29, 0.717) is 16.6 Å². The van der Waals surface area contributed by atoms with E-state index in [-0.39, 0.29) is 11.9 Å². The number of anilines is 1. The highest BCUT2D eigenvalue weighted by Crippen LogP contribution is 2.46. The van der Waals surface area contributed by atoms with Gasteiger partial charge in [-0.3, -0.25) is 4.79 Å². The van der Waals surface area contributed by atoms with Crippen molar-refractivity contribution < 1.29 is 14.3 Å². The number of thiocarbonyl (C=S) groups is 1.